The van der Waals surface area contributed by atoms with Gasteiger partial charge >= 0.3 is 5.69 Å². The number of aromatic nitrogens is 4. The highest BCUT2D eigenvalue weighted by molar-refractivity contribution is 5.79. The lowest BCUT2D eigenvalue weighted by Crippen LogP contribution is -2.50. The highest BCUT2D eigenvalue weighted by Gasteiger charge is 2.39. The molecule has 0 N–H and O–H groups in total. The van der Waals surface area contributed by atoms with Crippen molar-refractivity contribution in [2.75, 3.05) is 20.3 Å². The molecule has 9 nitrogen and oxygen atoms in total. The number of Topliss-reactive ketones (excluding diaryl/α,β-unsaturated/α-hetero) is 1. The van der Waals surface area contributed by atoms with Gasteiger partial charge in [0.25, 0.3) is 0 Å². The molecule has 3 atom stereocenters. The smallest absolute Gasteiger partial charge is 0.352 e. The molecule has 3 aromatic rings. The normalized spacial score (nSPS) is 19.9. The minimum absolute atomic E-state index is 0.0276. The second-order valence-corrected chi connectivity index (χ2v) is 11.0. The third-order valence-electron chi connectivity index (χ3n) is 7.61. The molecular formula is C29H36FN5O4. The van der Waals surface area contributed by atoms with Crippen LogP contribution in [0.25, 0.3) is 17.2 Å². The maximum atomic E-state index is 14.1. The van der Waals surface area contributed by atoms with Crippen molar-refractivity contribution < 1.29 is 18.7 Å². The Kier molecular flexibility index (Phi) is 7.95. The van der Waals surface area contributed by atoms with Crippen molar-refractivity contribution in [1.29, 1.82) is 0 Å². The van der Waals surface area contributed by atoms with Crippen LogP contribution in [-0.2, 0) is 22.5 Å². The Balaban J connectivity index is 1.43. The fraction of sp³-hybridized carbons (Fsp3) is 0.517. The predicted molar refractivity (Wildman–Crippen MR) is 145 cm³/mol. The summed E-state index contributed by atoms with van der Waals surface area (Å²) in [5.41, 5.74) is 1.05. The van der Waals surface area contributed by atoms with Gasteiger partial charge in [-0.1, -0.05) is 19.9 Å². The van der Waals surface area contributed by atoms with E-state index in [1.807, 2.05) is 19.9 Å². The largest absolute Gasteiger partial charge is 0.494 e. The van der Waals surface area contributed by atoms with E-state index < -0.39 is 11.5 Å². The predicted octanol–water partition coefficient (Wildman–Crippen LogP) is 3.65. The first-order valence-corrected chi connectivity index (χ1v) is 13.6. The quantitative estimate of drug-likeness (QED) is 0.390. The summed E-state index contributed by atoms with van der Waals surface area (Å²) in [6.45, 7) is 7.60. The van der Waals surface area contributed by atoms with E-state index >= 15 is 0 Å². The van der Waals surface area contributed by atoms with E-state index in [2.05, 4.69) is 21.9 Å². The first-order valence-electron chi connectivity index (χ1n) is 13.6. The van der Waals surface area contributed by atoms with Crippen LogP contribution in [-0.4, -0.2) is 68.5 Å². The Labute approximate surface area is 227 Å². The van der Waals surface area contributed by atoms with Gasteiger partial charge in [-0.05, 0) is 61.9 Å². The average molecular weight is 538 g/mol. The number of methoxy groups -OCH3 is 1. The molecule has 2 aliphatic rings. The van der Waals surface area contributed by atoms with E-state index in [1.54, 1.807) is 12.3 Å². The molecule has 2 fully saturated rings. The van der Waals surface area contributed by atoms with Crippen molar-refractivity contribution in [1.82, 2.24) is 24.2 Å². The lowest BCUT2D eigenvalue weighted by molar-refractivity contribution is -0.120. The number of benzene rings is 1. The molecule has 2 bridgehead atoms. The molecule has 0 radical (unpaired) electrons. The standard InChI is InChI=1S/C29H36FN5O4/c1-18(2)11-24(36)15-33-28(21-6-9-25(30)26(13-21)38-4)32-35(29(33)37)27-10-5-20(14-31-27)12-19(3)34-22-7-8-23(34)17-39-16-22/h5-6,9-10,13-14,18-19,22-23H,7-8,11-12,15-17H2,1-4H3. The summed E-state index contributed by atoms with van der Waals surface area (Å²) in [6.07, 6.45) is 5.32. The van der Waals surface area contributed by atoms with Crippen LogP contribution in [0.15, 0.2) is 41.3 Å². The van der Waals surface area contributed by atoms with Crippen LogP contribution in [0.4, 0.5) is 4.39 Å². The average Bonchev–Trinajstić information content (AvgIpc) is 3.36. The molecular weight excluding hydrogens is 501 g/mol. The van der Waals surface area contributed by atoms with Gasteiger partial charge < -0.3 is 9.47 Å². The summed E-state index contributed by atoms with van der Waals surface area (Å²) < 4.78 is 27.5. The van der Waals surface area contributed by atoms with Gasteiger partial charge in [-0.15, -0.1) is 5.10 Å². The molecule has 0 spiro atoms. The Morgan fingerprint density at radius 2 is 1.90 bits per heavy atom. The zero-order valence-electron chi connectivity index (χ0n) is 23.0. The van der Waals surface area contributed by atoms with Crippen LogP contribution in [0.5, 0.6) is 5.75 Å². The Morgan fingerprint density at radius 3 is 2.54 bits per heavy atom. The molecule has 2 saturated heterocycles. The molecule has 4 heterocycles. The number of carbonyl (C=O) groups is 1. The van der Waals surface area contributed by atoms with Gasteiger partial charge in [-0.3, -0.25) is 14.3 Å². The minimum atomic E-state index is -0.526. The van der Waals surface area contributed by atoms with Crippen molar-refractivity contribution in [2.24, 2.45) is 5.92 Å². The van der Waals surface area contributed by atoms with Crippen LogP contribution < -0.4 is 10.4 Å². The molecule has 2 aliphatic heterocycles. The van der Waals surface area contributed by atoms with Crippen LogP contribution >= 0.6 is 0 Å². The molecule has 5 rings (SSSR count). The van der Waals surface area contributed by atoms with Gasteiger partial charge in [-0.25, -0.2) is 14.2 Å². The number of hydrogen-bond acceptors (Lipinski definition) is 7. The summed E-state index contributed by atoms with van der Waals surface area (Å²) >= 11 is 0. The molecule has 39 heavy (non-hydrogen) atoms. The van der Waals surface area contributed by atoms with E-state index in [0.29, 0.717) is 35.9 Å². The van der Waals surface area contributed by atoms with Gasteiger partial charge in [0.1, 0.15) is 0 Å². The molecule has 0 amide bonds. The summed E-state index contributed by atoms with van der Waals surface area (Å²) in [5.74, 6) is 0.172. The number of fused-ring (bicyclic) bond motifs is 2. The van der Waals surface area contributed by atoms with Gasteiger partial charge in [0.05, 0.1) is 26.9 Å². The number of hydrogen-bond donors (Lipinski definition) is 0. The van der Waals surface area contributed by atoms with Gasteiger partial charge in [0.2, 0.25) is 0 Å². The number of halogens is 1. The fourth-order valence-electron chi connectivity index (χ4n) is 5.89. The van der Waals surface area contributed by atoms with Gasteiger partial charge in [-0.2, -0.15) is 4.68 Å². The molecule has 208 valence electrons. The highest BCUT2D eigenvalue weighted by Crippen LogP contribution is 2.31. The number of ether oxygens (including phenoxy) is 2. The molecule has 0 saturated carbocycles. The molecule has 0 aliphatic carbocycles. The third kappa shape index (κ3) is 5.67. The number of rotatable bonds is 10. The van der Waals surface area contributed by atoms with Gasteiger partial charge in [0, 0.05) is 36.3 Å². The van der Waals surface area contributed by atoms with E-state index in [0.717, 1.165) is 25.2 Å². The van der Waals surface area contributed by atoms with E-state index in [1.165, 1.54) is 47.4 Å². The Morgan fingerprint density at radius 1 is 1.15 bits per heavy atom. The van der Waals surface area contributed by atoms with Crippen LogP contribution in [0.2, 0.25) is 0 Å². The SMILES string of the molecule is COc1cc(-c2nn(-c3ccc(CC(C)N4C5CCC4COC5)cn3)c(=O)n2CC(=O)CC(C)C)ccc1F. The monoisotopic (exact) mass is 537 g/mol. The number of pyridine rings is 1. The van der Waals surface area contributed by atoms with E-state index in [4.69, 9.17) is 9.47 Å². The first kappa shape index (κ1) is 27.2. The summed E-state index contributed by atoms with van der Waals surface area (Å²) in [7, 11) is 1.37. The van der Waals surface area contributed by atoms with E-state index in [-0.39, 0.29) is 29.8 Å². The zero-order valence-corrected chi connectivity index (χ0v) is 23.0. The van der Waals surface area contributed by atoms with Crippen molar-refractivity contribution in [3.8, 4) is 23.0 Å². The van der Waals surface area contributed by atoms with Crippen molar-refractivity contribution >= 4 is 5.78 Å². The number of ketones is 1. The summed E-state index contributed by atoms with van der Waals surface area (Å²) in [6, 6.07) is 9.31. The minimum Gasteiger partial charge on any atom is -0.494 e. The molecule has 3 unspecified atom stereocenters. The number of carbonyl (C=O) groups excluding carboxylic acids is 1. The fourth-order valence-corrected chi connectivity index (χ4v) is 5.89. The number of morpholine rings is 1. The lowest BCUT2D eigenvalue weighted by atomic mass is 10.1. The highest BCUT2D eigenvalue weighted by atomic mass is 19.1. The van der Waals surface area contributed by atoms with Crippen molar-refractivity contribution in [3.05, 3.63) is 58.4 Å². The van der Waals surface area contributed by atoms with Crippen molar-refractivity contribution in [3.63, 3.8) is 0 Å². The van der Waals surface area contributed by atoms with Crippen LogP contribution in [0, 0.1) is 11.7 Å². The van der Waals surface area contributed by atoms with Crippen LogP contribution in [0.1, 0.15) is 45.6 Å². The molecule has 2 aromatic heterocycles. The first-order chi connectivity index (χ1) is 18.7. The second kappa shape index (κ2) is 11.4. The van der Waals surface area contributed by atoms with Gasteiger partial charge in [0.15, 0.2) is 29.0 Å². The summed E-state index contributed by atoms with van der Waals surface area (Å²) in [5, 5.41) is 4.53. The topological polar surface area (TPSA) is 91.5 Å². The zero-order chi connectivity index (χ0) is 27.7. The number of nitrogens with zero attached hydrogens (tertiary/aromatic N) is 5. The lowest BCUT2D eigenvalue weighted by Gasteiger charge is -2.39. The summed E-state index contributed by atoms with van der Waals surface area (Å²) in [4.78, 5) is 33.3. The third-order valence-corrected chi connectivity index (χ3v) is 7.61. The van der Waals surface area contributed by atoms with Crippen LogP contribution in [0.3, 0.4) is 0 Å². The second-order valence-electron chi connectivity index (χ2n) is 11.0. The van der Waals surface area contributed by atoms with Crippen molar-refractivity contribution in [2.45, 2.75) is 71.1 Å². The maximum absolute atomic E-state index is 14.1. The molecule has 1 aromatic carbocycles. The Hall–Kier alpha value is -3.37. The Bertz CT molecular complexity index is 1370. The molecule has 10 heteroatoms. The maximum Gasteiger partial charge on any atom is 0.352 e. The van der Waals surface area contributed by atoms with E-state index in [9.17, 15) is 14.0 Å².